The molecule has 26 heavy (non-hydrogen) atoms. The van der Waals surface area contributed by atoms with Gasteiger partial charge in [0.15, 0.2) is 0 Å². The summed E-state index contributed by atoms with van der Waals surface area (Å²) in [6.45, 7) is 2.20. The van der Waals surface area contributed by atoms with Crippen LogP contribution in [0.2, 0.25) is 0 Å². The average Bonchev–Trinajstić information content (AvgIpc) is 3.09. The normalized spacial score (nSPS) is 11.8. The highest BCUT2D eigenvalue weighted by Crippen LogP contribution is 2.31. The van der Waals surface area contributed by atoms with Crippen LogP contribution in [-0.4, -0.2) is 14.5 Å². The van der Waals surface area contributed by atoms with Crippen LogP contribution in [0.4, 0.5) is 0 Å². The predicted octanol–water partition coefficient (Wildman–Crippen LogP) is 5.65. The number of benzene rings is 2. The van der Waals surface area contributed by atoms with Gasteiger partial charge in [-0.2, -0.15) is 0 Å². The molecule has 3 heteroatoms. The summed E-state index contributed by atoms with van der Waals surface area (Å²) in [6, 6.07) is 23.0. The molecule has 0 saturated heterocycles. The zero-order valence-electron chi connectivity index (χ0n) is 14.8. The fourth-order valence-electron chi connectivity index (χ4n) is 3.25. The zero-order chi connectivity index (χ0) is 17.8. The monoisotopic (exact) mass is 339 g/mol. The molecule has 0 amide bonds. The van der Waals surface area contributed by atoms with Crippen LogP contribution in [0.1, 0.15) is 31.0 Å². The Kier molecular flexibility index (Phi) is 4.61. The quantitative estimate of drug-likeness (QED) is 0.470. The lowest BCUT2D eigenvalue weighted by molar-refractivity contribution is 0.938. The minimum absolute atomic E-state index is 0.696. The number of nitrogens with zero attached hydrogens (tertiary/aromatic N) is 3. The maximum atomic E-state index is 4.51. The Balaban J connectivity index is 2.00. The highest BCUT2D eigenvalue weighted by molar-refractivity contribution is 5.90. The number of para-hydroxylation sites is 1. The van der Waals surface area contributed by atoms with Crippen molar-refractivity contribution in [1.29, 1.82) is 0 Å². The Hall–Kier alpha value is -3.20. The van der Waals surface area contributed by atoms with Crippen LogP contribution in [0.15, 0.2) is 85.2 Å². The molecule has 0 radical (unpaired) electrons. The molecule has 0 saturated carbocycles. The average molecular weight is 339 g/mol. The van der Waals surface area contributed by atoms with Crippen molar-refractivity contribution < 1.29 is 0 Å². The van der Waals surface area contributed by atoms with E-state index >= 15 is 0 Å². The van der Waals surface area contributed by atoms with Gasteiger partial charge in [-0.1, -0.05) is 68.0 Å². The van der Waals surface area contributed by atoms with E-state index in [2.05, 4.69) is 88.2 Å². The highest BCUT2D eigenvalue weighted by Gasteiger charge is 2.16. The van der Waals surface area contributed by atoms with Crippen LogP contribution in [0, 0.1) is 0 Å². The molecule has 0 aliphatic carbocycles. The molecule has 2 heterocycles. The Morgan fingerprint density at radius 1 is 0.923 bits per heavy atom. The number of aromatic nitrogens is 3. The Morgan fingerprint density at radius 2 is 1.65 bits per heavy atom. The van der Waals surface area contributed by atoms with Gasteiger partial charge in [0.05, 0.1) is 11.2 Å². The molecule has 4 rings (SSSR count). The molecule has 0 fully saturated rings. The molecule has 0 spiro atoms. The number of rotatable bonds is 5. The van der Waals surface area contributed by atoms with Crippen molar-refractivity contribution in [2.75, 3.05) is 0 Å². The predicted molar refractivity (Wildman–Crippen MR) is 107 cm³/mol. The standard InChI is InChI=1S/C23H21N3/c1-2-3-13-20(18-10-5-4-6-11-18)22-17-19-12-7-8-14-21(19)26(22)23-24-15-9-16-25-23/h4-17H,2-3H2,1H3/b20-13+. The SMILES string of the molecule is CCC/C=C(\c1ccccc1)c1cc2ccccc2n1-c1ncccn1. The molecule has 2 aromatic carbocycles. The summed E-state index contributed by atoms with van der Waals surface area (Å²) in [5.74, 6) is 0.696. The van der Waals surface area contributed by atoms with E-state index in [1.807, 2.05) is 6.07 Å². The summed E-state index contributed by atoms with van der Waals surface area (Å²) >= 11 is 0. The van der Waals surface area contributed by atoms with Crippen LogP contribution in [0.3, 0.4) is 0 Å². The third-order valence-electron chi connectivity index (χ3n) is 4.46. The van der Waals surface area contributed by atoms with Crippen molar-refractivity contribution in [2.45, 2.75) is 19.8 Å². The molecule has 0 bridgehead atoms. The molecule has 0 aliphatic heterocycles. The van der Waals surface area contributed by atoms with Crippen molar-refractivity contribution in [3.8, 4) is 5.95 Å². The van der Waals surface area contributed by atoms with Crippen molar-refractivity contribution in [2.24, 2.45) is 0 Å². The number of hydrogen-bond donors (Lipinski definition) is 0. The lowest BCUT2D eigenvalue weighted by Gasteiger charge is -2.13. The van der Waals surface area contributed by atoms with E-state index in [4.69, 9.17) is 0 Å². The van der Waals surface area contributed by atoms with Crippen LogP contribution < -0.4 is 0 Å². The largest absolute Gasteiger partial charge is 0.278 e. The van der Waals surface area contributed by atoms with Crippen LogP contribution in [-0.2, 0) is 0 Å². The Labute approximate surface area is 153 Å². The van der Waals surface area contributed by atoms with Gasteiger partial charge in [-0.25, -0.2) is 9.97 Å². The van der Waals surface area contributed by atoms with Crippen LogP contribution >= 0.6 is 0 Å². The summed E-state index contributed by atoms with van der Waals surface area (Å²) < 4.78 is 2.16. The molecular formula is C23H21N3. The van der Waals surface area contributed by atoms with Crippen molar-refractivity contribution in [3.63, 3.8) is 0 Å². The van der Waals surface area contributed by atoms with Gasteiger partial charge in [0, 0.05) is 23.4 Å². The highest BCUT2D eigenvalue weighted by atomic mass is 15.2. The second-order valence-corrected chi connectivity index (χ2v) is 6.25. The zero-order valence-corrected chi connectivity index (χ0v) is 14.8. The summed E-state index contributed by atoms with van der Waals surface area (Å²) in [7, 11) is 0. The lowest BCUT2D eigenvalue weighted by Crippen LogP contribution is -2.04. The van der Waals surface area contributed by atoms with Gasteiger partial charge in [-0.15, -0.1) is 0 Å². The number of fused-ring (bicyclic) bond motifs is 1. The van der Waals surface area contributed by atoms with E-state index in [0.717, 1.165) is 24.1 Å². The first-order valence-electron chi connectivity index (χ1n) is 9.02. The van der Waals surface area contributed by atoms with Gasteiger partial charge < -0.3 is 0 Å². The fourth-order valence-corrected chi connectivity index (χ4v) is 3.25. The van der Waals surface area contributed by atoms with E-state index in [-0.39, 0.29) is 0 Å². The van der Waals surface area contributed by atoms with E-state index in [0.29, 0.717) is 5.95 Å². The minimum Gasteiger partial charge on any atom is -0.278 e. The molecule has 128 valence electrons. The van der Waals surface area contributed by atoms with Gasteiger partial charge in [0.2, 0.25) is 5.95 Å². The molecule has 0 N–H and O–H groups in total. The maximum Gasteiger partial charge on any atom is 0.234 e. The lowest BCUT2D eigenvalue weighted by atomic mass is 10.0. The topological polar surface area (TPSA) is 30.7 Å². The van der Waals surface area contributed by atoms with E-state index in [1.54, 1.807) is 12.4 Å². The minimum atomic E-state index is 0.696. The molecule has 0 unspecified atom stereocenters. The van der Waals surface area contributed by atoms with E-state index < -0.39 is 0 Å². The summed E-state index contributed by atoms with van der Waals surface area (Å²) in [4.78, 5) is 9.03. The molecule has 0 atom stereocenters. The number of allylic oxidation sites excluding steroid dienone is 1. The number of unbranched alkanes of at least 4 members (excludes halogenated alkanes) is 1. The van der Waals surface area contributed by atoms with Gasteiger partial charge in [0.25, 0.3) is 0 Å². The van der Waals surface area contributed by atoms with Gasteiger partial charge in [0.1, 0.15) is 0 Å². The Morgan fingerprint density at radius 3 is 2.42 bits per heavy atom. The first kappa shape index (κ1) is 16.3. The molecule has 0 aliphatic rings. The number of hydrogen-bond acceptors (Lipinski definition) is 2. The molecule has 3 nitrogen and oxygen atoms in total. The van der Waals surface area contributed by atoms with Gasteiger partial charge in [-0.05, 0) is 30.2 Å². The van der Waals surface area contributed by atoms with Crippen molar-refractivity contribution in [1.82, 2.24) is 14.5 Å². The van der Waals surface area contributed by atoms with Gasteiger partial charge in [-0.3, -0.25) is 4.57 Å². The third kappa shape index (κ3) is 3.04. The van der Waals surface area contributed by atoms with Crippen LogP contribution in [0.25, 0.3) is 22.4 Å². The van der Waals surface area contributed by atoms with Crippen LogP contribution in [0.5, 0.6) is 0 Å². The second-order valence-electron chi connectivity index (χ2n) is 6.25. The maximum absolute atomic E-state index is 4.51. The van der Waals surface area contributed by atoms with Gasteiger partial charge >= 0.3 is 0 Å². The molecular weight excluding hydrogens is 318 g/mol. The second kappa shape index (κ2) is 7.36. The fraction of sp³-hybridized carbons (Fsp3) is 0.130. The summed E-state index contributed by atoms with van der Waals surface area (Å²) in [6.07, 6.45) is 8.04. The smallest absolute Gasteiger partial charge is 0.234 e. The first-order valence-corrected chi connectivity index (χ1v) is 9.02. The van der Waals surface area contributed by atoms with E-state index in [1.165, 1.54) is 16.5 Å². The third-order valence-corrected chi connectivity index (χ3v) is 4.46. The van der Waals surface area contributed by atoms with Crippen molar-refractivity contribution >= 4 is 16.5 Å². The molecule has 4 aromatic rings. The van der Waals surface area contributed by atoms with Crippen molar-refractivity contribution in [3.05, 3.63) is 96.5 Å². The Bertz CT molecular complexity index is 1030. The summed E-state index contributed by atoms with van der Waals surface area (Å²) in [5.41, 5.74) is 4.67. The summed E-state index contributed by atoms with van der Waals surface area (Å²) in [5, 5.41) is 1.19. The van der Waals surface area contributed by atoms with E-state index in [9.17, 15) is 0 Å². The first-order chi connectivity index (χ1) is 12.9. The molecule has 2 aromatic heterocycles.